The molecule has 0 bridgehead atoms. The molecular formula is C7H8Cl2O2. The van der Waals surface area contributed by atoms with Crippen LogP contribution in [0.4, 0.5) is 0 Å². The smallest absolute Gasteiger partial charge is 0.330 e. The van der Waals surface area contributed by atoms with Gasteiger partial charge < -0.3 is 4.74 Å². The number of carbonyl (C=O) groups excluding carboxylic acids is 1. The Kier molecular flexibility index (Phi) is 5.99. The van der Waals surface area contributed by atoms with Crippen molar-refractivity contribution in [2.45, 2.75) is 0 Å². The summed E-state index contributed by atoms with van der Waals surface area (Å²) < 4.78 is 4.38. The quantitative estimate of drug-likeness (QED) is 0.298. The van der Waals surface area contributed by atoms with Crippen LogP contribution in [0, 0.1) is 0 Å². The van der Waals surface area contributed by atoms with E-state index in [0.29, 0.717) is 5.57 Å². The maximum Gasteiger partial charge on any atom is 0.330 e. The lowest BCUT2D eigenvalue weighted by Crippen LogP contribution is -1.96. The average Bonchev–Trinajstić information content (AvgIpc) is 2.03. The van der Waals surface area contributed by atoms with Gasteiger partial charge in [0, 0.05) is 17.5 Å². The zero-order valence-corrected chi connectivity index (χ0v) is 7.52. The molecule has 0 aliphatic carbocycles. The molecule has 0 fully saturated rings. The van der Waals surface area contributed by atoms with Crippen molar-refractivity contribution in [2.24, 2.45) is 0 Å². The monoisotopic (exact) mass is 194 g/mol. The van der Waals surface area contributed by atoms with Gasteiger partial charge in [0.1, 0.15) is 0 Å². The number of esters is 1. The van der Waals surface area contributed by atoms with Gasteiger partial charge in [-0.25, -0.2) is 4.79 Å². The predicted octanol–water partition coefficient (Wildman–Crippen LogP) is 2.08. The van der Waals surface area contributed by atoms with Gasteiger partial charge in [-0.3, -0.25) is 0 Å². The third kappa shape index (κ3) is 4.87. The summed E-state index contributed by atoms with van der Waals surface area (Å²) in [5.41, 5.74) is 1.91. The highest BCUT2D eigenvalue weighted by atomic mass is 35.5. The fraction of sp³-hybridized carbons (Fsp3) is 0.286. The van der Waals surface area contributed by atoms with Crippen LogP contribution in [-0.2, 0) is 9.53 Å². The van der Waals surface area contributed by atoms with Crippen molar-refractivity contribution < 1.29 is 9.53 Å². The minimum atomic E-state index is -0.435. The first-order chi connectivity index (χ1) is 5.24. The first kappa shape index (κ1) is 10.5. The number of hydrogen-bond donors (Lipinski definition) is 0. The van der Waals surface area contributed by atoms with E-state index in [1.165, 1.54) is 24.8 Å². The van der Waals surface area contributed by atoms with Gasteiger partial charge in [-0.1, -0.05) is 11.6 Å². The first-order valence-corrected chi connectivity index (χ1v) is 3.83. The third-order valence-corrected chi connectivity index (χ3v) is 1.37. The lowest BCUT2D eigenvalue weighted by molar-refractivity contribution is -0.134. The van der Waals surface area contributed by atoms with Gasteiger partial charge in [-0.15, -0.1) is 11.6 Å². The maximum atomic E-state index is 10.6. The molecule has 0 unspecified atom stereocenters. The molecule has 0 saturated carbocycles. The zero-order chi connectivity index (χ0) is 8.69. The van der Waals surface area contributed by atoms with E-state index < -0.39 is 5.97 Å². The molecule has 0 radical (unpaired) electrons. The summed E-state index contributed by atoms with van der Waals surface area (Å²) >= 11 is 10.7. The summed E-state index contributed by atoms with van der Waals surface area (Å²) in [5.74, 6) is -0.200. The van der Waals surface area contributed by atoms with Crippen molar-refractivity contribution >= 4 is 29.2 Å². The largest absolute Gasteiger partial charge is 0.466 e. The molecule has 11 heavy (non-hydrogen) atoms. The lowest BCUT2D eigenvalue weighted by Gasteiger charge is -1.93. The van der Waals surface area contributed by atoms with E-state index in [0.717, 1.165) is 0 Å². The van der Waals surface area contributed by atoms with Crippen LogP contribution in [0.3, 0.4) is 0 Å². The SMILES string of the molecule is COC(=O)C=C(/C=C/Cl)CCl. The van der Waals surface area contributed by atoms with E-state index in [1.54, 1.807) is 0 Å². The Bertz CT molecular complexity index is 185. The van der Waals surface area contributed by atoms with Gasteiger partial charge >= 0.3 is 5.97 Å². The van der Waals surface area contributed by atoms with Crippen LogP contribution < -0.4 is 0 Å². The van der Waals surface area contributed by atoms with Gasteiger partial charge in [-0.2, -0.15) is 0 Å². The number of carbonyl (C=O) groups is 1. The molecule has 0 aromatic rings. The Hall–Kier alpha value is -0.470. The van der Waals surface area contributed by atoms with Crippen LogP contribution in [0.1, 0.15) is 0 Å². The van der Waals surface area contributed by atoms with Crippen molar-refractivity contribution in [3.8, 4) is 0 Å². The molecule has 0 rings (SSSR count). The van der Waals surface area contributed by atoms with Crippen molar-refractivity contribution in [2.75, 3.05) is 13.0 Å². The van der Waals surface area contributed by atoms with Gasteiger partial charge in [-0.05, 0) is 11.6 Å². The fourth-order valence-corrected chi connectivity index (χ4v) is 0.751. The molecule has 2 nitrogen and oxygen atoms in total. The second-order valence-electron chi connectivity index (χ2n) is 1.67. The normalized spacial score (nSPS) is 12.1. The number of rotatable bonds is 3. The first-order valence-electron chi connectivity index (χ1n) is 2.85. The van der Waals surface area contributed by atoms with E-state index in [2.05, 4.69) is 4.74 Å². The van der Waals surface area contributed by atoms with Crippen molar-refractivity contribution in [1.82, 2.24) is 0 Å². The molecular weight excluding hydrogens is 187 g/mol. The third-order valence-electron chi connectivity index (χ3n) is 0.936. The van der Waals surface area contributed by atoms with Crippen molar-refractivity contribution in [3.05, 3.63) is 23.3 Å². The van der Waals surface area contributed by atoms with Crippen LogP contribution in [0.25, 0.3) is 0 Å². The van der Waals surface area contributed by atoms with Crippen molar-refractivity contribution in [3.63, 3.8) is 0 Å². The second kappa shape index (κ2) is 6.25. The summed E-state index contributed by atoms with van der Waals surface area (Å²) in [7, 11) is 1.30. The zero-order valence-electron chi connectivity index (χ0n) is 6.01. The molecule has 0 aromatic carbocycles. The van der Waals surface area contributed by atoms with Gasteiger partial charge in [0.2, 0.25) is 0 Å². The minimum Gasteiger partial charge on any atom is -0.466 e. The highest BCUT2D eigenvalue weighted by Crippen LogP contribution is 2.01. The molecule has 4 heteroatoms. The van der Waals surface area contributed by atoms with E-state index in [-0.39, 0.29) is 5.88 Å². The maximum absolute atomic E-state index is 10.6. The fourth-order valence-electron chi connectivity index (χ4n) is 0.422. The molecule has 0 aliphatic heterocycles. The Morgan fingerprint density at radius 3 is 2.64 bits per heavy atom. The molecule has 0 aromatic heterocycles. The van der Waals surface area contributed by atoms with E-state index in [1.807, 2.05) is 0 Å². The van der Waals surface area contributed by atoms with Gasteiger partial charge in [0.05, 0.1) is 7.11 Å². The van der Waals surface area contributed by atoms with E-state index in [9.17, 15) is 4.79 Å². The van der Waals surface area contributed by atoms with Gasteiger partial charge in [0.25, 0.3) is 0 Å². The number of halogens is 2. The number of allylic oxidation sites excluding steroid dienone is 2. The van der Waals surface area contributed by atoms with E-state index in [4.69, 9.17) is 23.2 Å². The number of methoxy groups -OCH3 is 1. The van der Waals surface area contributed by atoms with Gasteiger partial charge in [0.15, 0.2) is 0 Å². The van der Waals surface area contributed by atoms with Crippen LogP contribution >= 0.6 is 23.2 Å². The summed E-state index contributed by atoms with van der Waals surface area (Å²) in [6.07, 6.45) is 2.82. The predicted molar refractivity (Wildman–Crippen MR) is 45.8 cm³/mol. The Labute approximate surface area is 75.4 Å². The van der Waals surface area contributed by atoms with E-state index >= 15 is 0 Å². The molecule has 62 valence electrons. The summed E-state index contributed by atoms with van der Waals surface area (Å²) in [6.45, 7) is 0. The number of hydrogen-bond acceptors (Lipinski definition) is 2. The molecule has 0 N–H and O–H groups in total. The van der Waals surface area contributed by atoms with Crippen LogP contribution in [0.2, 0.25) is 0 Å². The van der Waals surface area contributed by atoms with Crippen LogP contribution in [-0.4, -0.2) is 19.0 Å². The summed E-state index contributed by atoms with van der Waals surface area (Å²) in [6, 6.07) is 0. The summed E-state index contributed by atoms with van der Waals surface area (Å²) in [5, 5.41) is 0. The Morgan fingerprint density at radius 1 is 1.64 bits per heavy atom. The Morgan fingerprint density at radius 2 is 2.27 bits per heavy atom. The lowest BCUT2D eigenvalue weighted by atomic mass is 10.3. The van der Waals surface area contributed by atoms with Crippen molar-refractivity contribution in [1.29, 1.82) is 0 Å². The minimum absolute atomic E-state index is 0.234. The number of ether oxygens (including phenoxy) is 1. The molecule has 0 aliphatic rings. The highest BCUT2D eigenvalue weighted by Gasteiger charge is 1.95. The summed E-state index contributed by atoms with van der Waals surface area (Å²) in [4.78, 5) is 10.6. The second-order valence-corrected chi connectivity index (χ2v) is 2.19. The molecule has 0 amide bonds. The molecule has 0 spiro atoms. The Balaban J connectivity index is 4.22. The molecule has 0 heterocycles. The topological polar surface area (TPSA) is 26.3 Å². The van der Waals surface area contributed by atoms with Crippen LogP contribution in [0.15, 0.2) is 23.3 Å². The molecule has 0 saturated heterocycles. The van der Waals surface area contributed by atoms with Crippen LogP contribution in [0.5, 0.6) is 0 Å². The standard InChI is InChI=1S/C7H8Cl2O2/c1-11-7(10)4-6(5-9)2-3-8/h2-4H,5H2,1H3/b3-2+,6-4?. The highest BCUT2D eigenvalue weighted by molar-refractivity contribution is 6.26. The molecule has 0 atom stereocenters. The average molecular weight is 195 g/mol. The number of alkyl halides is 1.